The van der Waals surface area contributed by atoms with E-state index in [1.807, 2.05) is 18.2 Å². The van der Waals surface area contributed by atoms with E-state index in [0.29, 0.717) is 36.9 Å². The number of aliphatic hydroxyl groups excluding tert-OH is 1. The van der Waals surface area contributed by atoms with E-state index < -0.39 is 18.8 Å². The van der Waals surface area contributed by atoms with Crippen molar-refractivity contribution in [1.29, 1.82) is 0 Å². The van der Waals surface area contributed by atoms with Crippen molar-refractivity contribution in [3.05, 3.63) is 54.6 Å². The number of aliphatic hydroxyl groups is 1. The number of rotatable bonds is 7. The molecule has 7 heteroatoms. The van der Waals surface area contributed by atoms with Gasteiger partial charge in [-0.1, -0.05) is 24.3 Å². The zero-order valence-corrected chi connectivity index (χ0v) is 15.4. The monoisotopic (exact) mass is 395 g/mol. The van der Waals surface area contributed by atoms with Gasteiger partial charge < -0.3 is 19.5 Å². The van der Waals surface area contributed by atoms with Gasteiger partial charge >= 0.3 is 6.18 Å². The van der Waals surface area contributed by atoms with Crippen LogP contribution in [-0.2, 0) is 4.74 Å². The molecule has 1 aliphatic rings. The van der Waals surface area contributed by atoms with Gasteiger partial charge in [-0.2, -0.15) is 13.2 Å². The summed E-state index contributed by atoms with van der Waals surface area (Å²) in [4.78, 5) is 1.59. The van der Waals surface area contributed by atoms with Gasteiger partial charge in [-0.25, -0.2) is 0 Å². The summed E-state index contributed by atoms with van der Waals surface area (Å²) in [5.41, 5.74) is 0.586. The summed E-state index contributed by atoms with van der Waals surface area (Å²) in [6, 6.07) is 16.1. The molecule has 1 atom stereocenters. The molecule has 1 aliphatic heterocycles. The lowest BCUT2D eigenvalue weighted by molar-refractivity contribution is -0.200. The standard InChI is InChI=1S/C21H24F3NO3/c22-21(23,24)20(26)15-25(14-16-9-11-27-12-10-16)17-5-4-8-19(13-17)28-18-6-2-1-3-7-18/h1-8,13,16,20,26H,9-12,14-15H2. The molecule has 0 radical (unpaired) electrons. The predicted octanol–water partition coefficient (Wildman–Crippen LogP) is 4.64. The van der Waals surface area contributed by atoms with E-state index in [-0.39, 0.29) is 5.92 Å². The van der Waals surface area contributed by atoms with Crippen LogP contribution in [0.15, 0.2) is 54.6 Å². The van der Waals surface area contributed by atoms with Crippen molar-refractivity contribution in [2.45, 2.75) is 25.1 Å². The van der Waals surface area contributed by atoms with Crippen LogP contribution in [0.3, 0.4) is 0 Å². The average molecular weight is 395 g/mol. The molecule has 1 fully saturated rings. The molecule has 3 rings (SSSR count). The lowest BCUT2D eigenvalue weighted by atomic mass is 9.99. The van der Waals surface area contributed by atoms with Gasteiger partial charge in [0.15, 0.2) is 6.10 Å². The molecule has 2 aromatic carbocycles. The Morgan fingerprint density at radius 3 is 2.39 bits per heavy atom. The third-order valence-electron chi connectivity index (χ3n) is 4.75. The number of hydrogen-bond acceptors (Lipinski definition) is 4. The smallest absolute Gasteiger partial charge is 0.416 e. The molecule has 152 valence electrons. The van der Waals surface area contributed by atoms with E-state index >= 15 is 0 Å². The number of ether oxygens (including phenoxy) is 2. The molecule has 0 aliphatic carbocycles. The van der Waals surface area contributed by atoms with E-state index in [2.05, 4.69) is 0 Å². The van der Waals surface area contributed by atoms with Crippen LogP contribution in [0.5, 0.6) is 11.5 Å². The van der Waals surface area contributed by atoms with Crippen molar-refractivity contribution in [2.75, 3.05) is 31.2 Å². The van der Waals surface area contributed by atoms with Crippen LogP contribution in [0.1, 0.15) is 12.8 Å². The Hall–Kier alpha value is -2.25. The second-order valence-electron chi connectivity index (χ2n) is 6.93. The first kappa shape index (κ1) is 20.5. The van der Waals surface area contributed by atoms with E-state index in [4.69, 9.17) is 9.47 Å². The van der Waals surface area contributed by atoms with Crippen LogP contribution >= 0.6 is 0 Å². The summed E-state index contributed by atoms with van der Waals surface area (Å²) in [6.45, 7) is 1.12. The van der Waals surface area contributed by atoms with Crippen molar-refractivity contribution < 1.29 is 27.8 Å². The molecule has 1 N–H and O–H groups in total. The first-order valence-electron chi connectivity index (χ1n) is 9.32. The van der Waals surface area contributed by atoms with Crippen molar-refractivity contribution in [1.82, 2.24) is 0 Å². The SMILES string of the molecule is OC(CN(CC1CCOCC1)c1cccc(Oc2ccccc2)c1)C(F)(F)F. The summed E-state index contributed by atoms with van der Waals surface area (Å²) < 4.78 is 50.0. The summed E-state index contributed by atoms with van der Waals surface area (Å²) >= 11 is 0. The minimum atomic E-state index is -4.66. The molecule has 1 heterocycles. The van der Waals surface area contributed by atoms with Crippen LogP contribution in [0.25, 0.3) is 0 Å². The lowest BCUT2D eigenvalue weighted by Crippen LogP contribution is -2.43. The number of hydrogen-bond donors (Lipinski definition) is 1. The predicted molar refractivity (Wildman–Crippen MR) is 101 cm³/mol. The van der Waals surface area contributed by atoms with E-state index in [0.717, 1.165) is 12.8 Å². The Morgan fingerprint density at radius 1 is 1.04 bits per heavy atom. The van der Waals surface area contributed by atoms with Gasteiger partial charge in [0.1, 0.15) is 11.5 Å². The fourth-order valence-electron chi connectivity index (χ4n) is 3.21. The van der Waals surface area contributed by atoms with Gasteiger partial charge in [0.2, 0.25) is 0 Å². The maximum Gasteiger partial charge on any atom is 0.416 e. The van der Waals surface area contributed by atoms with Crippen LogP contribution in [-0.4, -0.2) is 43.7 Å². The fourth-order valence-corrected chi connectivity index (χ4v) is 3.21. The van der Waals surface area contributed by atoms with Crippen molar-refractivity contribution in [3.8, 4) is 11.5 Å². The highest BCUT2D eigenvalue weighted by Crippen LogP contribution is 2.29. The molecule has 1 saturated heterocycles. The van der Waals surface area contributed by atoms with Gasteiger partial charge in [-0.3, -0.25) is 0 Å². The number of para-hydroxylation sites is 1. The zero-order chi connectivity index (χ0) is 20.0. The quantitative estimate of drug-likeness (QED) is 0.742. The molecular formula is C21H24F3NO3. The van der Waals surface area contributed by atoms with Crippen LogP contribution in [0.4, 0.5) is 18.9 Å². The number of alkyl halides is 3. The van der Waals surface area contributed by atoms with Gasteiger partial charge in [-0.05, 0) is 43.0 Å². The van der Waals surface area contributed by atoms with E-state index in [9.17, 15) is 18.3 Å². The lowest BCUT2D eigenvalue weighted by Gasteiger charge is -2.33. The second-order valence-corrected chi connectivity index (χ2v) is 6.93. The molecule has 1 unspecified atom stereocenters. The zero-order valence-electron chi connectivity index (χ0n) is 15.4. The molecule has 0 bridgehead atoms. The first-order chi connectivity index (χ1) is 13.4. The van der Waals surface area contributed by atoms with Gasteiger partial charge in [0.05, 0.1) is 6.54 Å². The molecule has 0 amide bonds. The molecule has 4 nitrogen and oxygen atoms in total. The topological polar surface area (TPSA) is 41.9 Å². The number of nitrogens with zero attached hydrogens (tertiary/aromatic N) is 1. The van der Waals surface area contributed by atoms with E-state index in [1.54, 1.807) is 41.3 Å². The normalized spacial score (nSPS) is 16.6. The van der Waals surface area contributed by atoms with E-state index in [1.165, 1.54) is 0 Å². The number of anilines is 1. The highest BCUT2D eigenvalue weighted by molar-refractivity contribution is 5.52. The second kappa shape index (κ2) is 9.30. The maximum atomic E-state index is 12.9. The summed E-state index contributed by atoms with van der Waals surface area (Å²) in [7, 11) is 0. The van der Waals surface area contributed by atoms with Gasteiger partial charge in [0.25, 0.3) is 0 Å². The summed E-state index contributed by atoms with van der Waals surface area (Å²) in [5.74, 6) is 1.39. The third-order valence-corrected chi connectivity index (χ3v) is 4.75. The fraction of sp³-hybridized carbons (Fsp3) is 0.429. The summed E-state index contributed by atoms with van der Waals surface area (Å²) in [5, 5.41) is 9.63. The Bertz CT molecular complexity index is 733. The van der Waals surface area contributed by atoms with Gasteiger partial charge in [-0.15, -0.1) is 0 Å². The minimum Gasteiger partial charge on any atom is -0.457 e. The van der Waals surface area contributed by atoms with Crippen molar-refractivity contribution in [2.24, 2.45) is 5.92 Å². The molecule has 0 aromatic heterocycles. The highest BCUT2D eigenvalue weighted by Gasteiger charge is 2.39. The van der Waals surface area contributed by atoms with Gasteiger partial charge in [0, 0.05) is 31.5 Å². The third kappa shape index (κ3) is 5.87. The van der Waals surface area contributed by atoms with Crippen LogP contribution in [0, 0.1) is 5.92 Å². The Kier molecular flexibility index (Phi) is 6.80. The molecule has 2 aromatic rings. The largest absolute Gasteiger partial charge is 0.457 e. The molecular weight excluding hydrogens is 371 g/mol. The van der Waals surface area contributed by atoms with Crippen LogP contribution < -0.4 is 9.64 Å². The number of benzene rings is 2. The minimum absolute atomic E-state index is 0.216. The molecule has 0 saturated carbocycles. The maximum absolute atomic E-state index is 12.9. The molecule has 28 heavy (non-hydrogen) atoms. The first-order valence-corrected chi connectivity index (χ1v) is 9.32. The summed E-state index contributed by atoms with van der Waals surface area (Å²) in [6.07, 6.45) is -5.49. The van der Waals surface area contributed by atoms with Crippen molar-refractivity contribution >= 4 is 5.69 Å². The highest BCUT2D eigenvalue weighted by atomic mass is 19.4. The Labute approximate surface area is 162 Å². The molecule has 0 spiro atoms. The number of halogens is 3. The Balaban J connectivity index is 1.78. The average Bonchev–Trinajstić information content (AvgIpc) is 2.68. The van der Waals surface area contributed by atoms with Crippen LogP contribution in [0.2, 0.25) is 0 Å². The Morgan fingerprint density at radius 2 is 1.71 bits per heavy atom. The van der Waals surface area contributed by atoms with Crippen molar-refractivity contribution in [3.63, 3.8) is 0 Å².